The van der Waals surface area contributed by atoms with Crippen LogP contribution >= 0.6 is 0 Å². The average Bonchev–Trinajstić information content (AvgIpc) is 2.95. The van der Waals surface area contributed by atoms with E-state index >= 15 is 0 Å². The van der Waals surface area contributed by atoms with Crippen molar-refractivity contribution < 1.29 is 14.2 Å². The van der Waals surface area contributed by atoms with Crippen molar-refractivity contribution in [2.24, 2.45) is 5.41 Å². The van der Waals surface area contributed by atoms with E-state index in [-0.39, 0.29) is 11.0 Å². The fraction of sp³-hybridized carbons (Fsp3) is 0.415. The molecule has 0 amide bonds. The van der Waals surface area contributed by atoms with E-state index in [0.29, 0.717) is 12.5 Å². The molecule has 3 heteroatoms. The van der Waals surface area contributed by atoms with E-state index in [1.54, 1.807) is 6.92 Å². The third-order valence-corrected chi connectivity index (χ3v) is 6.91. The molecule has 0 fully saturated rings. The first-order valence-electron chi connectivity index (χ1n) is 15.7. The first-order valence-corrected chi connectivity index (χ1v) is 15.7. The van der Waals surface area contributed by atoms with E-state index in [1.165, 1.54) is 16.7 Å². The van der Waals surface area contributed by atoms with E-state index in [4.69, 9.17) is 14.2 Å². The molecule has 3 rings (SSSR count). The third-order valence-electron chi connectivity index (χ3n) is 6.91. The molecule has 0 N–H and O–H groups in total. The molecular formula is C41H54O3. The van der Waals surface area contributed by atoms with Gasteiger partial charge in [0, 0.05) is 12.3 Å². The normalized spacial score (nSPS) is 12.9. The molecule has 0 aliphatic carbocycles. The molecule has 236 valence electrons. The van der Waals surface area contributed by atoms with Gasteiger partial charge in [0.15, 0.2) is 0 Å². The Morgan fingerprint density at radius 2 is 1.41 bits per heavy atom. The highest BCUT2D eigenvalue weighted by Gasteiger charge is 2.14. The highest BCUT2D eigenvalue weighted by Crippen LogP contribution is 2.30. The quantitative estimate of drug-likeness (QED) is 0.126. The highest BCUT2D eigenvalue weighted by atomic mass is 16.5. The summed E-state index contributed by atoms with van der Waals surface area (Å²) in [6.45, 7) is 23.8. The maximum absolute atomic E-state index is 6.19. The molecule has 0 saturated heterocycles. The van der Waals surface area contributed by atoms with Crippen LogP contribution in [0.15, 0.2) is 90.2 Å². The zero-order valence-electron chi connectivity index (χ0n) is 29.0. The molecule has 0 saturated carbocycles. The topological polar surface area (TPSA) is 27.7 Å². The number of hydrogen-bond acceptors (Lipinski definition) is 3. The maximum atomic E-state index is 6.19. The Morgan fingerprint density at radius 1 is 0.864 bits per heavy atom. The molecule has 0 heterocycles. The maximum Gasteiger partial charge on any atom is 0.127 e. The second-order valence-electron chi connectivity index (χ2n) is 13.6. The standard InChI is InChI=1S/C38H50O3.C3H4/c1-11-33(41-38(8,9)10)18-12-27(2)29(4)32-17-23-36(28(3)24-32)39-26-31-15-21-35(22-16-31)40-34-19-13-30(14-20-34)25-37(5,6)7;1-3-2/h12-24,29H,11,25-26H2,1-10H3;1H,2H3/b27-12+,33-18+;. The van der Waals surface area contributed by atoms with Crippen LogP contribution in [0.25, 0.3) is 0 Å². The summed E-state index contributed by atoms with van der Waals surface area (Å²) in [6.07, 6.45) is 10.8. The zero-order valence-corrected chi connectivity index (χ0v) is 29.0. The van der Waals surface area contributed by atoms with Gasteiger partial charge in [0.05, 0.1) is 5.76 Å². The van der Waals surface area contributed by atoms with E-state index in [0.717, 1.165) is 47.0 Å². The Hall–Kier alpha value is -3.90. The molecule has 0 aromatic heterocycles. The van der Waals surface area contributed by atoms with Crippen LogP contribution in [0.2, 0.25) is 0 Å². The molecule has 0 radical (unpaired) electrons. The van der Waals surface area contributed by atoms with Gasteiger partial charge in [-0.25, -0.2) is 0 Å². The summed E-state index contributed by atoms with van der Waals surface area (Å²) in [5.74, 6) is 6.13. The van der Waals surface area contributed by atoms with Gasteiger partial charge in [-0.3, -0.25) is 0 Å². The number of allylic oxidation sites excluding steroid dienone is 4. The summed E-state index contributed by atoms with van der Waals surface area (Å²) in [4.78, 5) is 0. The molecule has 3 nitrogen and oxygen atoms in total. The summed E-state index contributed by atoms with van der Waals surface area (Å²) in [5.41, 5.74) is 6.23. The molecule has 0 aliphatic rings. The van der Waals surface area contributed by atoms with E-state index in [2.05, 4.69) is 136 Å². The lowest BCUT2D eigenvalue weighted by atomic mass is 9.88. The predicted octanol–water partition coefficient (Wildman–Crippen LogP) is 11.8. The minimum absolute atomic E-state index is 0.184. The van der Waals surface area contributed by atoms with E-state index in [9.17, 15) is 0 Å². The number of ether oxygens (including phenoxy) is 3. The fourth-order valence-corrected chi connectivity index (χ4v) is 4.59. The predicted molar refractivity (Wildman–Crippen MR) is 188 cm³/mol. The molecule has 0 spiro atoms. The van der Waals surface area contributed by atoms with Gasteiger partial charge in [0.2, 0.25) is 0 Å². The van der Waals surface area contributed by atoms with Crippen LogP contribution in [0.3, 0.4) is 0 Å². The molecule has 0 bridgehead atoms. The van der Waals surface area contributed by atoms with Gasteiger partial charge in [0.1, 0.15) is 29.5 Å². The molecular weight excluding hydrogens is 540 g/mol. The number of aryl methyl sites for hydroxylation is 1. The average molecular weight is 595 g/mol. The van der Waals surface area contributed by atoms with Crippen LogP contribution in [-0.4, -0.2) is 5.60 Å². The summed E-state index contributed by atoms with van der Waals surface area (Å²) >= 11 is 0. The fourth-order valence-electron chi connectivity index (χ4n) is 4.59. The largest absolute Gasteiger partial charge is 0.493 e. The van der Waals surface area contributed by atoms with Gasteiger partial charge in [-0.05, 0) is 112 Å². The molecule has 0 aliphatic heterocycles. The molecule has 44 heavy (non-hydrogen) atoms. The van der Waals surface area contributed by atoms with Crippen LogP contribution in [0.5, 0.6) is 17.2 Å². The van der Waals surface area contributed by atoms with E-state index < -0.39 is 0 Å². The van der Waals surface area contributed by atoms with Crippen LogP contribution < -0.4 is 9.47 Å². The lowest BCUT2D eigenvalue weighted by Crippen LogP contribution is -2.18. The third kappa shape index (κ3) is 13.2. The highest BCUT2D eigenvalue weighted by molar-refractivity contribution is 5.41. The van der Waals surface area contributed by atoms with Crippen molar-refractivity contribution in [1.82, 2.24) is 0 Å². The van der Waals surface area contributed by atoms with Crippen LogP contribution in [0.4, 0.5) is 0 Å². The smallest absolute Gasteiger partial charge is 0.127 e. The lowest BCUT2D eigenvalue weighted by Gasteiger charge is -2.23. The molecule has 3 aromatic carbocycles. The Labute approximate surface area is 268 Å². The second-order valence-corrected chi connectivity index (χ2v) is 13.6. The van der Waals surface area contributed by atoms with Crippen molar-refractivity contribution in [2.45, 2.75) is 107 Å². The Kier molecular flexibility index (Phi) is 13.9. The summed E-state index contributed by atoms with van der Waals surface area (Å²) in [7, 11) is 0. The molecule has 3 aromatic rings. The minimum Gasteiger partial charge on any atom is -0.493 e. The first kappa shape index (κ1) is 36.3. The van der Waals surface area contributed by atoms with Crippen LogP contribution in [0.1, 0.15) is 104 Å². The Balaban J connectivity index is 0.00000216. The van der Waals surface area contributed by atoms with E-state index in [1.807, 2.05) is 24.3 Å². The SMILES string of the molecule is C#CC.CC/C(=C\C=C(/C)C(C)c1ccc(OCc2ccc(Oc3ccc(CC(C)(C)C)cc3)cc2)c(C)c1)OC(C)(C)C. The van der Waals surface area contributed by atoms with Crippen molar-refractivity contribution in [2.75, 3.05) is 0 Å². The van der Waals surface area contributed by atoms with Gasteiger partial charge in [0.25, 0.3) is 0 Å². The summed E-state index contributed by atoms with van der Waals surface area (Å²) < 4.78 is 18.3. The van der Waals surface area contributed by atoms with Gasteiger partial charge >= 0.3 is 0 Å². The van der Waals surface area contributed by atoms with Gasteiger partial charge in [-0.2, -0.15) is 0 Å². The Morgan fingerprint density at radius 3 is 1.89 bits per heavy atom. The monoisotopic (exact) mass is 594 g/mol. The van der Waals surface area contributed by atoms with Crippen molar-refractivity contribution in [3.05, 3.63) is 112 Å². The number of hydrogen-bond donors (Lipinski definition) is 0. The number of benzene rings is 3. The summed E-state index contributed by atoms with van der Waals surface area (Å²) in [6, 6.07) is 23.0. The van der Waals surface area contributed by atoms with Crippen molar-refractivity contribution in [3.8, 4) is 29.6 Å². The van der Waals surface area contributed by atoms with Gasteiger partial charge < -0.3 is 14.2 Å². The second kappa shape index (κ2) is 16.8. The van der Waals surface area contributed by atoms with Gasteiger partial charge in [-0.15, -0.1) is 12.3 Å². The van der Waals surface area contributed by atoms with Crippen molar-refractivity contribution in [1.29, 1.82) is 0 Å². The van der Waals surface area contributed by atoms with Crippen LogP contribution in [-0.2, 0) is 17.8 Å². The molecule has 1 unspecified atom stereocenters. The number of rotatable bonds is 11. The van der Waals surface area contributed by atoms with Gasteiger partial charge in [-0.1, -0.05) is 82.7 Å². The minimum atomic E-state index is -0.184. The molecule has 1 atom stereocenters. The Bertz CT molecular complexity index is 1400. The van der Waals surface area contributed by atoms with Crippen molar-refractivity contribution in [3.63, 3.8) is 0 Å². The first-order chi connectivity index (χ1) is 20.6. The van der Waals surface area contributed by atoms with Crippen LogP contribution in [0, 0.1) is 24.7 Å². The number of terminal acetylenes is 1. The zero-order chi connectivity index (χ0) is 32.9. The lowest BCUT2D eigenvalue weighted by molar-refractivity contribution is 0.0481. The summed E-state index contributed by atoms with van der Waals surface area (Å²) in [5, 5.41) is 0. The van der Waals surface area contributed by atoms with Crippen molar-refractivity contribution >= 4 is 0 Å².